The van der Waals surface area contributed by atoms with Crippen molar-refractivity contribution in [3.63, 3.8) is 0 Å². The number of para-hydroxylation sites is 1. The molecule has 108 valence electrons. The predicted molar refractivity (Wildman–Crippen MR) is 82.6 cm³/mol. The minimum Gasteiger partial charge on any atom is -0.464 e. The molecule has 1 aliphatic rings. The Balaban J connectivity index is 1.94. The van der Waals surface area contributed by atoms with E-state index in [1.165, 1.54) is 23.8 Å². The Hall–Kier alpha value is -1.32. The molecule has 0 aliphatic heterocycles. The highest BCUT2D eigenvalue weighted by molar-refractivity contribution is 5.81. The van der Waals surface area contributed by atoms with E-state index in [4.69, 9.17) is 10.2 Å². The standard InChI is InChI=1S/C17H24N2O/c1-12(2)19(10-13-7-8-13)16(9-18)15-11-20-17-6-4-3-5-14(15)17/h3-6,11-13,16H,7-10,18H2,1-2H3. The van der Waals surface area contributed by atoms with Gasteiger partial charge >= 0.3 is 0 Å². The third-order valence-electron chi connectivity index (χ3n) is 4.32. The summed E-state index contributed by atoms with van der Waals surface area (Å²) in [7, 11) is 0. The maximum atomic E-state index is 6.11. The van der Waals surface area contributed by atoms with E-state index >= 15 is 0 Å². The molecule has 3 nitrogen and oxygen atoms in total. The largest absolute Gasteiger partial charge is 0.464 e. The van der Waals surface area contributed by atoms with E-state index in [0.717, 1.165) is 18.0 Å². The van der Waals surface area contributed by atoms with Gasteiger partial charge in [0.1, 0.15) is 5.58 Å². The Kier molecular flexibility index (Phi) is 3.81. The van der Waals surface area contributed by atoms with Crippen molar-refractivity contribution in [1.82, 2.24) is 4.90 Å². The Labute approximate surface area is 120 Å². The Morgan fingerprint density at radius 3 is 2.70 bits per heavy atom. The zero-order chi connectivity index (χ0) is 14.1. The molecule has 1 unspecified atom stereocenters. The first-order valence-electron chi connectivity index (χ1n) is 7.62. The van der Waals surface area contributed by atoms with Gasteiger partial charge in [0.15, 0.2) is 0 Å². The maximum Gasteiger partial charge on any atom is 0.134 e. The molecule has 1 aliphatic carbocycles. The van der Waals surface area contributed by atoms with Gasteiger partial charge in [-0.2, -0.15) is 0 Å². The Morgan fingerprint density at radius 2 is 2.05 bits per heavy atom. The zero-order valence-electron chi connectivity index (χ0n) is 12.4. The van der Waals surface area contributed by atoms with E-state index in [1.807, 2.05) is 18.4 Å². The molecule has 0 spiro atoms. The second-order valence-electron chi connectivity index (χ2n) is 6.17. The minimum absolute atomic E-state index is 0.249. The molecular weight excluding hydrogens is 248 g/mol. The van der Waals surface area contributed by atoms with E-state index in [9.17, 15) is 0 Å². The molecule has 1 fully saturated rings. The topological polar surface area (TPSA) is 42.4 Å². The predicted octanol–water partition coefficient (Wildman–Crippen LogP) is 3.55. The van der Waals surface area contributed by atoms with Gasteiger partial charge in [-0.15, -0.1) is 0 Å². The molecule has 1 heterocycles. The summed E-state index contributed by atoms with van der Waals surface area (Å²) >= 11 is 0. The first-order valence-corrected chi connectivity index (χ1v) is 7.62. The van der Waals surface area contributed by atoms with Gasteiger partial charge in [-0.3, -0.25) is 4.90 Å². The molecule has 2 N–H and O–H groups in total. The van der Waals surface area contributed by atoms with Gasteiger partial charge in [-0.1, -0.05) is 18.2 Å². The lowest BCUT2D eigenvalue weighted by molar-refractivity contribution is 0.150. The average Bonchev–Trinajstić information content (AvgIpc) is 3.17. The minimum atomic E-state index is 0.249. The van der Waals surface area contributed by atoms with Gasteiger partial charge in [0.25, 0.3) is 0 Å². The summed E-state index contributed by atoms with van der Waals surface area (Å²) in [5, 5.41) is 1.20. The first kappa shape index (κ1) is 13.7. The number of rotatable bonds is 6. The lowest BCUT2D eigenvalue weighted by Gasteiger charge is -2.34. The molecule has 0 saturated heterocycles. The van der Waals surface area contributed by atoms with Gasteiger partial charge in [0, 0.05) is 30.1 Å². The number of nitrogens with two attached hydrogens (primary N) is 1. The molecule has 0 radical (unpaired) electrons. The number of furan rings is 1. The second kappa shape index (κ2) is 5.58. The summed E-state index contributed by atoms with van der Waals surface area (Å²) in [5.74, 6) is 0.865. The molecule has 20 heavy (non-hydrogen) atoms. The van der Waals surface area contributed by atoms with Crippen molar-refractivity contribution < 1.29 is 4.42 Å². The summed E-state index contributed by atoms with van der Waals surface area (Å²) in [4.78, 5) is 2.54. The molecule has 1 aromatic heterocycles. The highest BCUT2D eigenvalue weighted by atomic mass is 16.3. The van der Waals surface area contributed by atoms with Crippen molar-refractivity contribution in [3.8, 4) is 0 Å². The molecule has 2 aromatic rings. The van der Waals surface area contributed by atoms with Crippen LogP contribution in [0, 0.1) is 5.92 Å². The van der Waals surface area contributed by atoms with E-state index < -0.39 is 0 Å². The number of nitrogens with zero attached hydrogens (tertiary/aromatic N) is 1. The smallest absolute Gasteiger partial charge is 0.134 e. The molecule has 3 rings (SSSR count). The molecule has 1 aromatic carbocycles. The fourth-order valence-electron chi connectivity index (χ4n) is 2.99. The van der Waals surface area contributed by atoms with Crippen LogP contribution >= 0.6 is 0 Å². The van der Waals surface area contributed by atoms with Crippen LogP contribution in [0.1, 0.15) is 38.3 Å². The molecule has 1 saturated carbocycles. The van der Waals surface area contributed by atoms with Crippen LogP contribution in [0.2, 0.25) is 0 Å². The summed E-state index contributed by atoms with van der Waals surface area (Å²) in [6, 6.07) is 8.98. The van der Waals surface area contributed by atoms with Crippen LogP contribution in [-0.2, 0) is 0 Å². The lowest BCUT2D eigenvalue weighted by atomic mass is 10.0. The van der Waals surface area contributed by atoms with Crippen LogP contribution in [0.15, 0.2) is 34.9 Å². The second-order valence-corrected chi connectivity index (χ2v) is 6.17. The van der Waals surface area contributed by atoms with Gasteiger partial charge in [-0.05, 0) is 38.7 Å². The highest BCUT2D eigenvalue weighted by Crippen LogP contribution is 2.36. The van der Waals surface area contributed by atoms with Crippen LogP contribution in [0.4, 0.5) is 0 Å². The van der Waals surface area contributed by atoms with Crippen molar-refractivity contribution in [1.29, 1.82) is 0 Å². The molecule has 0 amide bonds. The summed E-state index contributed by atoms with van der Waals surface area (Å²) in [6.07, 6.45) is 4.63. The van der Waals surface area contributed by atoms with Gasteiger partial charge in [-0.25, -0.2) is 0 Å². The van der Waals surface area contributed by atoms with Crippen molar-refractivity contribution in [2.45, 2.75) is 38.8 Å². The fourth-order valence-corrected chi connectivity index (χ4v) is 2.99. The van der Waals surface area contributed by atoms with Crippen molar-refractivity contribution >= 4 is 11.0 Å². The number of fused-ring (bicyclic) bond motifs is 1. The molecule has 1 atom stereocenters. The molecule has 0 bridgehead atoms. The SMILES string of the molecule is CC(C)N(CC1CC1)C(CN)c1coc2ccccc12. The maximum absolute atomic E-state index is 6.11. The van der Waals surface area contributed by atoms with Crippen molar-refractivity contribution in [3.05, 3.63) is 36.1 Å². The van der Waals surface area contributed by atoms with Crippen molar-refractivity contribution in [2.24, 2.45) is 11.7 Å². The van der Waals surface area contributed by atoms with Crippen LogP contribution in [0.25, 0.3) is 11.0 Å². The van der Waals surface area contributed by atoms with Crippen LogP contribution in [0.3, 0.4) is 0 Å². The normalized spacial score (nSPS) is 17.2. The quantitative estimate of drug-likeness (QED) is 0.874. The first-order chi connectivity index (χ1) is 9.70. The zero-order valence-corrected chi connectivity index (χ0v) is 12.4. The monoisotopic (exact) mass is 272 g/mol. The van der Waals surface area contributed by atoms with E-state index in [2.05, 4.69) is 30.9 Å². The fraction of sp³-hybridized carbons (Fsp3) is 0.529. The van der Waals surface area contributed by atoms with Crippen LogP contribution in [-0.4, -0.2) is 24.0 Å². The van der Waals surface area contributed by atoms with Crippen LogP contribution < -0.4 is 5.73 Å². The third-order valence-corrected chi connectivity index (χ3v) is 4.32. The number of hydrogen-bond acceptors (Lipinski definition) is 3. The lowest BCUT2D eigenvalue weighted by Crippen LogP contribution is -2.40. The van der Waals surface area contributed by atoms with E-state index in [-0.39, 0.29) is 6.04 Å². The van der Waals surface area contributed by atoms with Gasteiger partial charge in [0.05, 0.1) is 12.3 Å². The third kappa shape index (κ3) is 2.60. The summed E-state index contributed by atoms with van der Waals surface area (Å²) < 4.78 is 5.70. The summed E-state index contributed by atoms with van der Waals surface area (Å²) in [6.45, 7) is 6.30. The molecule has 3 heteroatoms. The average molecular weight is 272 g/mol. The Bertz CT molecular complexity index is 571. The summed E-state index contributed by atoms with van der Waals surface area (Å²) in [5.41, 5.74) is 8.29. The van der Waals surface area contributed by atoms with E-state index in [0.29, 0.717) is 12.6 Å². The van der Waals surface area contributed by atoms with Crippen LogP contribution in [0.5, 0.6) is 0 Å². The Morgan fingerprint density at radius 1 is 1.30 bits per heavy atom. The van der Waals surface area contributed by atoms with E-state index in [1.54, 1.807) is 0 Å². The van der Waals surface area contributed by atoms with Crippen molar-refractivity contribution in [2.75, 3.05) is 13.1 Å². The molecular formula is C17H24N2O. The number of benzene rings is 1. The number of hydrogen-bond donors (Lipinski definition) is 1. The highest BCUT2D eigenvalue weighted by Gasteiger charge is 2.31. The van der Waals surface area contributed by atoms with Gasteiger partial charge in [0.2, 0.25) is 0 Å². The van der Waals surface area contributed by atoms with Gasteiger partial charge < -0.3 is 10.2 Å².